The van der Waals surface area contributed by atoms with Gasteiger partial charge in [0.1, 0.15) is 11.9 Å². The van der Waals surface area contributed by atoms with Crippen molar-refractivity contribution in [3.63, 3.8) is 0 Å². The number of piperidine rings is 2. The molecule has 0 aliphatic carbocycles. The molecule has 0 spiro atoms. The van der Waals surface area contributed by atoms with Gasteiger partial charge in [-0.15, -0.1) is 0 Å². The summed E-state index contributed by atoms with van der Waals surface area (Å²) in [4.78, 5) is 63.6. The summed E-state index contributed by atoms with van der Waals surface area (Å²) in [7, 11) is -3.71. The number of fused-ring (bicyclic) bond motifs is 1. The van der Waals surface area contributed by atoms with E-state index in [0.717, 1.165) is 16.5 Å². The second-order valence-electron chi connectivity index (χ2n) is 12.8. The van der Waals surface area contributed by atoms with Crippen molar-refractivity contribution in [3.05, 3.63) is 76.3 Å². The van der Waals surface area contributed by atoms with Crippen LogP contribution in [0.4, 0.5) is 16.0 Å². The van der Waals surface area contributed by atoms with Gasteiger partial charge in [0.25, 0.3) is 11.8 Å². The maximum absolute atomic E-state index is 15.4. The minimum absolute atomic E-state index is 0.00644. The van der Waals surface area contributed by atoms with Crippen molar-refractivity contribution >= 4 is 56.9 Å². The number of rotatable bonds is 8. The standard InChI is InChI=1S/C33H34ClFN8O6S/c34-21-17-36-33(37-18-21)38-22-6-8-42(9-7-22)50(48,49)23-3-1-2-20(14-23)19-40-10-12-41(13-11-40)28-16-25-24(15-26(28)35)31(46)43(32(25)47)27-4-5-29(44)39-30(27)45/h1-3,14-18,22,27H,4-13,19H2,(H,36,37,38)(H,39,44,45). The summed E-state index contributed by atoms with van der Waals surface area (Å²) in [5.74, 6) is -2.85. The van der Waals surface area contributed by atoms with Gasteiger partial charge in [-0.2, -0.15) is 4.31 Å². The quantitative estimate of drug-likeness (QED) is 0.328. The van der Waals surface area contributed by atoms with Gasteiger partial charge in [-0.3, -0.25) is 34.3 Å². The molecule has 4 aliphatic heterocycles. The highest BCUT2D eigenvalue weighted by Crippen LogP contribution is 2.33. The van der Waals surface area contributed by atoms with Crippen molar-refractivity contribution in [1.82, 2.24) is 29.4 Å². The highest BCUT2D eigenvalue weighted by atomic mass is 35.5. The minimum Gasteiger partial charge on any atom is -0.367 e. The van der Waals surface area contributed by atoms with Gasteiger partial charge in [-0.1, -0.05) is 23.7 Å². The number of benzene rings is 2. The lowest BCUT2D eigenvalue weighted by Gasteiger charge is -2.36. The summed E-state index contributed by atoms with van der Waals surface area (Å²) in [6, 6.07) is 8.23. The van der Waals surface area contributed by atoms with Crippen LogP contribution < -0.4 is 15.5 Å². The van der Waals surface area contributed by atoms with E-state index in [1.807, 2.05) is 6.07 Å². The Balaban J connectivity index is 0.954. The maximum atomic E-state index is 15.4. The molecule has 3 aromatic rings. The first kappa shape index (κ1) is 34.0. The molecule has 5 heterocycles. The molecule has 0 saturated carbocycles. The molecule has 4 amide bonds. The highest BCUT2D eigenvalue weighted by molar-refractivity contribution is 7.89. The summed E-state index contributed by atoms with van der Waals surface area (Å²) >= 11 is 5.86. The predicted octanol–water partition coefficient (Wildman–Crippen LogP) is 2.26. The van der Waals surface area contributed by atoms with Crippen LogP contribution in [0, 0.1) is 5.82 Å². The van der Waals surface area contributed by atoms with Crippen LogP contribution in [-0.2, 0) is 26.2 Å². The second-order valence-corrected chi connectivity index (χ2v) is 15.1. The van der Waals surface area contributed by atoms with Crippen LogP contribution in [0.25, 0.3) is 0 Å². The van der Waals surface area contributed by atoms with E-state index in [1.165, 1.54) is 22.8 Å². The Bertz CT molecular complexity index is 1970. The molecule has 1 unspecified atom stereocenters. The molecule has 2 N–H and O–H groups in total. The number of anilines is 2. The number of carbonyl (C=O) groups is 4. The average Bonchev–Trinajstić information content (AvgIpc) is 3.34. The molecule has 1 aromatic heterocycles. The predicted molar refractivity (Wildman–Crippen MR) is 179 cm³/mol. The Kier molecular flexibility index (Phi) is 9.28. The van der Waals surface area contributed by atoms with E-state index in [-0.39, 0.29) is 40.6 Å². The van der Waals surface area contributed by atoms with Crippen LogP contribution in [-0.4, -0.2) is 107 Å². The van der Waals surface area contributed by atoms with Gasteiger partial charge < -0.3 is 10.2 Å². The third-order valence-corrected chi connectivity index (χ3v) is 11.7. The number of imide groups is 2. The molecule has 262 valence electrons. The molecule has 14 nitrogen and oxygen atoms in total. The Morgan fingerprint density at radius 1 is 0.900 bits per heavy atom. The number of nitrogens with one attached hydrogen (secondary N) is 2. The zero-order chi connectivity index (χ0) is 35.2. The molecule has 0 radical (unpaired) electrons. The number of halogens is 2. The van der Waals surface area contributed by atoms with E-state index in [9.17, 15) is 27.6 Å². The first-order chi connectivity index (χ1) is 24.0. The molecule has 4 aliphatic rings. The van der Waals surface area contributed by atoms with Crippen LogP contribution in [0.2, 0.25) is 5.02 Å². The molecule has 7 rings (SSSR count). The van der Waals surface area contributed by atoms with E-state index in [4.69, 9.17) is 11.6 Å². The fourth-order valence-corrected chi connectivity index (χ4v) is 8.53. The van der Waals surface area contributed by atoms with E-state index >= 15 is 4.39 Å². The van der Waals surface area contributed by atoms with Gasteiger partial charge in [0.05, 0.1) is 39.1 Å². The van der Waals surface area contributed by atoms with E-state index in [1.54, 1.807) is 23.1 Å². The smallest absolute Gasteiger partial charge is 0.262 e. The molecule has 17 heteroatoms. The van der Waals surface area contributed by atoms with Gasteiger partial charge in [-0.25, -0.2) is 22.8 Å². The largest absolute Gasteiger partial charge is 0.367 e. The number of hydrogen-bond donors (Lipinski definition) is 2. The van der Waals surface area contributed by atoms with Crippen LogP contribution >= 0.6 is 11.6 Å². The van der Waals surface area contributed by atoms with Crippen molar-refractivity contribution in [2.24, 2.45) is 0 Å². The lowest BCUT2D eigenvalue weighted by molar-refractivity contribution is -0.136. The van der Waals surface area contributed by atoms with Crippen molar-refractivity contribution in [1.29, 1.82) is 0 Å². The Morgan fingerprint density at radius 3 is 2.26 bits per heavy atom. The monoisotopic (exact) mass is 724 g/mol. The van der Waals surface area contributed by atoms with Crippen LogP contribution in [0.3, 0.4) is 0 Å². The molecule has 3 saturated heterocycles. The van der Waals surface area contributed by atoms with Crippen molar-refractivity contribution in [2.75, 3.05) is 49.5 Å². The third kappa shape index (κ3) is 6.67. The van der Waals surface area contributed by atoms with Crippen LogP contribution in [0.15, 0.2) is 53.7 Å². The van der Waals surface area contributed by atoms with Crippen LogP contribution in [0.5, 0.6) is 0 Å². The molecule has 0 bridgehead atoms. The number of sulfonamides is 1. The zero-order valence-corrected chi connectivity index (χ0v) is 28.4. The van der Waals surface area contributed by atoms with Gasteiger partial charge in [0, 0.05) is 58.3 Å². The SMILES string of the molecule is O=C1CCC(N2C(=O)c3cc(F)c(N4CCN(Cc5cccc(S(=O)(=O)N6CCC(Nc7ncc(Cl)cn7)CC6)c5)CC4)cc3C2=O)C(=O)N1. The molecule has 1 atom stereocenters. The van der Waals surface area contributed by atoms with Gasteiger partial charge in [-0.05, 0) is 49.1 Å². The van der Waals surface area contributed by atoms with Crippen molar-refractivity contribution in [2.45, 2.75) is 49.2 Å². The first-order valence-electron chi connectivity index (χ1n) is 16.3. The molecule has 50 heavy (non-hydrogen) atoms. The maximum Gasteiger partial charge on any atom is 0.262 e. The van der Waals surface area contributed by atoms with Crippen molar-refractivity contribution < 1.29 is 32.0 Å². The molecular weight excluding hydrogens is 691 g/mol. The normalized spacial score (nSPS) is 21.0. The van der Waals surface area contributed by atoms with Gasteiger partial charge >= 0.3 is 0 Å². The lowest BCUT2D eigenvalue weighted by atomic mass is 10.0. The Labute approximate surface area is 292 Å². The van der Waals surface area contributed by atoms with Crippen LogP contribution in [0.1, 0.15) is 52.0 Å². The Hall–Kier alpha value is -4.51. The molecular formula is C33H34ClFN8O6S. The van der Waals surface area contributed by atoms with E-state index in [0.29, 0.717) is 69.6 Å². The number of amides is 4. The third-order valence-electron chi connectivity index (χ3n) is 9.57. The summed E-state index contributed by atoms with van der Waals surface area (Å²) in [5.41, 5.74) is 0.926. The fourth-order valence-electron chi connectivity index (χ4n) is 6.89. The number of nitrogens with zero attached hydrogens (tertiary/aromatic N) is 6. The van der Waals surface area contributed by atoms with Crippen molar-refractivity contribution in [3.8, 4) is 0 Å². The molecule has 2 aromatic carbocycles. The molecule has 3 fully saturated rings. The Morgan fingerprint density at radius 2 is 1.58 bits per heavy atom. The topological polar surface area (TPSA) is 165 Å². The average molecular weight is 725 g/mol. The highest BCUT2D eigenvalue weighted by Gasteiger charge is 2.45. The summed E-state index contributed by atoms with van der Waals surface area (Å²) in [6.45, 7) is 3.14. The lowest BCUT2D eigenvalue weighted by Crippen LogP contribution is -2.54. The number of carbonyl (C=O) groups excluding carboxylic acids is 4. The fraction of sp³-hybridized carbons (Fsp3) is 0.394. The van der Waals surface area contributed by atoms with E-state index in [2.05, 4.69) is 25.5 Å². The summed E-state index contributed by atoms with van der Waals surface area (Å²) < 4.78 is 44.0. The number of hydrogen-bond acceptors (Lipinski definition) is 11. The first-order valence-corrected chi connectivity index (χ1v) is 18.2. The number of piperazine rings is 1. The van der Waals surface area contributed by atoms with E-state index < -0.39 is 45.5 Å². The minimum atomic E-state index is -3.71. The summed E-state index contributed by atoms with van der Waals surface area (Å²) in [5, 5.41) is 5.83. The van der Waals surface area contributed by atoms with Gasteiger partial charge in [0.15, 0.2) is 0 Å². The van der Waals surface area contributed by atoms with Gasteiger partial charge in [0.2, 0.25) is 27.8 Å². The zero-order valence-electron chi connectivity index (χ0n) is 26.8. The summed E-state index contributed by atoms with van der Waals surface area (Å²) in [6.07, 6.45) is 4.22. The second kappa shape index (κ2) is 13.7. The number of aromatic nitrogens is 2.